The highest BCUT2D eigenvalue weighted by atomic mass is 35.5. The Morgan fingerprint density at radius 3 is 2.61 bits per heavy atom. The van der Waals surface area contributed by atoms with Gasteiger partial charge in [-0.2, -0.15) is 13.2 Å². The summed E-state index contributed by atoms with van der Waals surface area (Å²) in [5, 5.41) is 11.3. The molecule has 0 fully saturated rings. The van der Waals surface area contributed by atoms with Gasteiger partial charge in [-0.25, -0.2) is 0 Å². The second-order valence-corrected chi connectivity index (χ2v) is 3.75. The molecule has 1 aromatic rings. The molecular formula is C10H10ClF3N2O2. The van der Waals surface area contributed by atoms with Gasteiger partial charge in [0.25, 0.3) is 0 Å². The van der Waals surface area contributed by atoms with E-state index in [1.165, 1.54) is 18.2 Å². The van der Waals surface area contributed by atoms with E-state index in [4.69, 9.17) is 27.3 Å². The van der Waals surface area contributed by atoms with Gasteiger partial charge in [-0.05, 0) is 18.2 Å². The normalized spacial score (nSPS) is 12.6. The van der Waals surface area contributed by atoms with Crippen LogP contribution in [-0.4, -0.2) is 23.8 Å². The zero-order valence-corrected chi connectivity index (χ0v) is 9.79. The molecule has 0 aliphatic rings. The van der Waals surface area contributed by atoms with Gasteiger partial charge in [0.05, 0.1) is 18.1 Å². The summed E-state index contributed by atoms with van der Waals surface area (Å²) < 4.78 is 40.6. The molecule has 0 atom stereocenters. The van der Waals surface area contributed by atoms with Crippen molar-refractivity contribution < 1.29 is 23.1 Å². The first-order chi connectivity index (χ1) is 8.33. The first-order valence-corrected chi connectivity index (χ1v) is 5.18. The van der Waals surface area contributed by atoms with Gasteiger partial charge in [-0.15, -0.1) is 0 Å². The molecule has 1 aromatic carbocycles. The summed E-state index contributed by atoms with van der Waals surface area (Å²) in [4.78, 5) is 0. The highest BCUT2D eigenvalue weighted by Crippen LogP contribution is 2.27. The molecule has 18 heavy (non-hydrogen) atoms. The van der Waals surface area contributed by atoms with Gasteiger partial charge in [0, 0.05) is 5.56 Å². The van der Waals surface area contributed by atoms with E-state index in [9.17, 15) is 13.2 Å². The zero-order chi connectivity index (χ0) is 13.8. The Morgan fingerprint density at radius 1 is 1.44 bits per heavy atom. The lowest BCUT2D eigenvalue weighted by atomic mass is 10.2. The number of ether oxygens (including phenoxy) is 1. The van der Waals surface area contributed by atoms with Crippen LogP contribution in [0.4, 0.5) is 13.2 Å². The lowest BCUT2D eigenvalue weighted by Crippen LogP contribution is -2.14. The van der Waals surface area contributed by atoms with Crippen LogP contribution in [0.5, 0.6) is 5.75 Å². The number of oxime groups is 1. The van der Waals surface area contributed by atoms with Gasteiger partial charge < -0.3 is 15.7 Å². The lowest BCUT2D eigenvalue weighted by Gasteiger charge is -2.10. The summed E-state index contributed by atoms with van der Waals surface area (Å²) in [6, 6.07) is 4.11. The molecule has 100 valence electrons. The van der Waals surface area contributed by atoms with Gasteiger partial charge in [-0.1, -0.05) is 16.8 Å². The second kappa shape index (κ2) is 5.81. The molecule has 0 saturated carbocycles. The third kappa shape index (κ3) is 4.33. The number of alkyl halides is 3. The van der Waals surface area contributed by atoms with Gasteiger partial charge in [0.2, 0.25) is 0 Å². The number of benzene rings is 1. The molecule has 0 radical (unpaired) electrons. The maximum Gasteiger partial charge on any atom is 0.392 e. The minimum atomic E-state index is -4.28. The van der Waals surface area contributed by atoms with E-state index >= 15 is 0 Å². The molecule has 0 unspecified atom stereocenters. The number of hydrogen-bond acceptors (Lipinski definition) is 3. The molecule has 8 heteroatoms. The van der Waals surface area contributed by atoms with Crippen molar-refractivity contribution in [1.29, 1.82) is 0 Å². The third-order valence-electron chi connectivity index (χ3n) is 1.98. The largest absolute Gasteiger partial charge is 0.492 e. The summed E-state index contributed by atoms with van der Waals surface area (Å²) in [6.07, 6.45) is -5.34. The highest BCUT2D eigenvalue weighted by Gasteiger charge is 2.26. The van der Waals surface area contributed by atoms with Crippen molar-refractivity contribution in [3.63, 3.8) is 0 Å². The molecule has 0 aliphatic carbocycles. The van der Waals surface area contributed by atoms with E-state index in [0.29, 0.717) is 5.56 Å². The molecule has 4 nitrogen and oxygen atoms in total. The fourth-order valence-corrected chi connectivity index (χ4v) is 1.35. The van der Waals surface area contributed by atoms with E-state index < -0.39 is 19.2 Å². The van der Waals surface area contributed by atoms with Crippen LogP contribution in [0.15, 0.2) is 23.4 Å². The molecule has 1 rings (SSSR count). The maximum atomic E-state index is 11.9. The average Bonchev–Trinajstić information content (AvgIpc) is 2.28. The van der Waals surface area contributed by atoms with Gasteiger partial charge >= 0.3 is 6.18 Å². The molecule has 0 amide bonds. The summed E-state index contributed by atoms with van der Waals surface area (Å²) in [5.74, 6) is -0.0471. The quantitative estimate of drug-likeness (QED) is 0.386. The van der Waals surface area contributed by atoms with Gasteiger partial charge in [0.1, 0.15) is 5.75 Å². The summed E-state index contributed by atoms with van der Waals surface area (Å²) in [6.45, 7) is -0.522. The molecule has 0 spiro atoms. The van der Waals surface area contributed by atoms with Gasteiger partial charge in [0.15, 0.2) is 5.84 Å². The molecule has 0 aromatic heterocycles. The van der Waals surface area contributed by atoms with Crippen LogP contribution in [0.25, 0.3) is 0 Å². The topological polar surface area (TPSA) is 67.8 Å². The van der Waals surface area contributed by atoms with E-state index in [0.717, 1.165) is 0 Å². The van der Waals surface area contributed by atoms with Crippen molar-refractivity contribution in [3.8, 4) is 5.75 Å². The van der Waals surface area contributed by atoms with Crippen LogP contribution in [0.3, 0.4) is 0 Å². The Labute approximate surface area is 106 Å². The Kier molecular flexibility index (Phi) is 4.66. The van der Waals surface area contributed by atoms with Crippen molar-refractivity contribution in [3.05, 3.63) is 28.8 Å². The van der Waals surface area contributed by atoms with Crippen LogP contribution in [-0.2, 0) is 0 Å². The van der Waals surface area contributed by atoms with E-state index in [2.05, 4.69) is 5.16 Å². The van der Waals surface area contributed by atoms with Crippen LogP contribution in [0.1, 0.15) is 12.0 Å². The number of nitrogens with two attached hydrogens (primary N) is 1. The van der Waals surface area contributed by atoms with E-state index in [1.807, 2.05) is 0 Å². The Hall–Kier alpha value is -1.63. The molecule has 0 aliphatic heterocycles. The SMILES string of the molecule is NC(=NO)c1ccc(OCCC(F)(F)F)c(Cl)c1. The minimum Gasteiger partial charge on any atom is -0.492 e. The standard InChI is InChI=1S/C10H10ClF3N2O2/c11-7-5-6(9(15)16-17)1-2-8(7)18-4-3-10(12,13)14/h1-2,5,17H,3-4H2,(H2,15,16). The lowest BCUT2D eigenvalue weighted by molar-refractivity contribution is -0.139. The average molecular weight is 283 g/mol. The molecule has 0 saturated heterocycles. The Bertz CT molecular complexity index is 449. The second-order valence-electron chi connectivity index (χ2n) is 3.34. The molecule has 0 bridgehead atoms. The number of halogens is 4. The fourth-order valence-electron chi connectivity index (χ4n) is 1.11. The monoisotopic (exact) mass is 282 g/mol. The fraction of sp³-hybridized carbons (Fsp3) is 0.300. The molecular weight excluding hydrogens is 273 g/mol. The van der Waals surface area contributed by atoms with E-state index in [1.54, 1.807) is 0 Å². The van der Waals surface area contributed by atoms with Crippen LogP contribution in [0, 0.1) is 0 Å². The maximum absolute atomic E-state index is 11.9. The van der Waals surface area contributed by atoms with Crippen LogP contribution in [0.2, 0.25) is 5.02 Å². The number of nitrogens with zero attached hydrogens (tertiary/aromatic N) is 1. The zero-order valence-electron chi connectivity index (χ0n) is 9.04. The summed E-state index contributed by atoms with van der Waals surface area (Å²) in [7, 11) is 0. The van der Waals surface area contributed by atoms with Crippen molar-refractivity contribution in [1.82, 2.24) is 0 Å². The predicted octanol–water partition coefficient (Wildman–Crippen LogP) is 2.77. The van der Waals surface area contributed by atoms with Crippen molar-refractivity contribution in [2.45, 2.75) is 12.6 Å². The van der Waals surface area contributed by atoms with Crippen LogP contribution < -0.4 is 10.5 Å². The first-order valence-electron chi connectivity index (χ1n) is 4.80. The van der Waals surface area contributed by atoms with Crippen molar-refractivity contribution in [2.24, 2.45) is 10.9 Å². The van der Waals surface area contributed by atoms with E-state index in [-0.39, 0.29) is 16.6 Å². The predicted molar refractivity (Wildman–Crippen MR) is 60.1 cm³/mol. The first kappa shape index (κ1) is 14.4. The molecule has 3 N–H and O–H groups in total. The summed E-state index contributed by atoms with van der Waals surface area (Å²) >= 11 is 5.78. The Morgan fingerprint density at radius 2 is 2.11 bits per heavy atom. The Balaban J connectivity index is 2.69. The van der Waals surface area contributed by atoms with Crippen LogP contribution >= 0.6 is 11.6 Å². The van der Waals surface area contributed by atoms with Gasteiger partial charge in [-0.3, -0.25) is 0 Å². The number of rotatable bonds is 4. The number of amidine groups is 1. The molecule has 0 heterocycles. The third-order valence-corrected chi connectivity index (χ3v) is 2.27. The number of hydrogen-bond donors (Lipinski definition) is 2. The highest BCUT2D eigenvalue weighted by molar-refractivity contribution is 6.32. The van der Waals surface area contributed by atoms with Crippen molar-refractivity contribution in [2.75, 3.05) is 6.61 Å². The minimum absolute atomic E-state index is 0.0845. The summed E-state index contributed by atoms with van der Waals surface area (Å²) in [5.41, 5.74) is 5.66. The smallest absolute Gasteiger partial charge is 0.392 e. The van der Waals surface area contributed by atoms with Crippen molar-refractivity contribution >= 4 is 17.4 Å².